The summed E-state index contributed by atoms with van der Waals surface area (Å²) in [5.74, 6) is 0.547. The van der Waals surface area contributed by atoms with Gasteiger partial charge in [-0.05, 0) is 36.7 Å². The van der Waals surface area contributed by atoms with Crippen molar-refractivity contribution in [2.75, 3.05) is 31.1 Å². The lowest BCUT2D eigenvalue weighted by Crippen LogP contribution is -2.57. The highest BCUT2D eigenvalue weighted by Crippen LogP contribution is 2.19. The van der Waals surface area contributed by atoms with E-state index in [9.17, 15) is 9.90 Å². The fourth-order valence-corrected chi connectivity index (χ4v) is 2.43. The number of hydrogen-bond acceptors (Lipinski definition) is 6. The van der Waals surface area contributed by atoms with Crippen LogP contribution in [0.5, 0.6) is 0 Å². The first-order valence-electron chi connectivity index (χ1n) is 7.13. The molecule has 1 N–H and O–H groups in total. The number of rotatable bonds is 2. The number of anilines is 1. The number of carbonyl (C=O) groups is 1. The van der Waals surface area contributed by atoms with Gasteiger partial charge < -0.3 is 19.6 Å². The maximum absolute atomic E-state index is 12.1. The van der Waals surface area contributed by atoms with E-state index >= 15 is 0 Å². The monoisotopic (exact) mass is 372 g/mol. The van der Waals surface area contributed by atoms with E-state index in [0.29, 0.717) is 25.6 Å². The first-order chi connectivity index (χ1) is 10.3. The summed E-state index contributed by atoms with van der Waals surface area (Å²) in [6.45, 7) is 6.85. The average Bonchev–Trinajstić information content (AvgIpc) is 2.45. The van der Waals surface area contributed by atoms with Gasteiger partial charge in [-0.25, -0.2) is 14.8 Å². The number of amides is 1. The minimum atomic E-state index is -0.530. The molecule has 1 atom stereocenters. The Morgan fingerprint density at radius 1 is 1.41 bits per heavy atom. The van der Waals surface area contributed by atoms with Gasteiger partial charge in [-0.15, -0.1) is 0 Å². The summed E-state index contributed by atoms with van der Waals surface area (Å²) >= 11 is 3.30. The van der Waals surface area contributed by atoms with E-state index in [-0.39, 0.29) is 18.7 Å². The molecule has 8 heteroatoms. The lowest BCUT2D eigenvalue weighted by molar-refractivity contribution is 0.0196. The Morgan fingerprint density at radius 2 is 2.05 bits per heavy atom. The van der Waals surface area contributed by atoms with Crippen molar-refractivity contribution in [2.45, 2.75) is 32.4 Å². The summed E-state index contributed by atoms with van der Waals surface area (Å²) in [5, 5.41) is 9.62. The van der Waals surface area contributed by atoms with Gasteiger partial charge >= 0.3 is 6.09 Å². The summed E-state index contributed by atoms with van der Waals surface area (Å²) in [7, 11) is 0. The molecule has 0 saturated carbocycles. The molecule has 1 unspecified atom stereocenters. The van der Waals surface area contributed by atoms with Crippen LogP contribution in [0.25, 0.3) is 0 Å². The van der Waals surface area contributed by atoms with Crippen LogP contribution < -0.4 is 4.90 Å². The number of aliphatic hydroxyl groups is 1. The third-order valence-electron chi connectivity index (χ3n) is 3.21. The molecule has 1 aromatic rings. The van der Waals surface area contributed by atoms with Crippen molar-refractivity contribution < 1.29 is 14.6 Å². The molecule has 7 nitrogen and oxygen atoms in total. The lowest BCUT2D eigenvalue weighted by Gasteiger charge is -2.40. The Balaban J connectivity index is 2.05. The van der Waals surface area contributed by atoms with Crippen LogP contribution in [0.15, 0.2) is 16.9 Å². The molecule has 22 heavy (non-hydrogen) atoms. The Labute approximate surface area is 138 Å². The maximum atomic E-state index is 12.1. The largest absolute Gasteiger partial charge is 0.444 e. The van der Waals surface area contributed by atoms with E-state index in [1.807, 2.05) is 25.7 Å². The summed E-state index contributed by atoms with van der Waals surface area (Å²) in [4.78, 5) is 24.2. The number of aromatic nitrogens is 2. The number of halogens is 1. The van der Waals surface area contributed by atoms with Gasteiger partial charge in [-0.1, -0.05) is 0 Å². The molecule has 0 bridgehead atoms. The van der Waals surface area contributed by atoms with Crippen molar-refractivity contribution in [2.24, 2.45) is 0 Å². The molecule has 2 heterocycles. The smallest absolute Gasteiger partial charge is 0.410 e. The second-order valence-electron chi connectivity index (χ2n) is 6.16. The van der Waals surface area contributed by atoms with Crippen LogP contribution in [0.2, 0.25) is 0 Å². The third kappa shape index (κ3) is 4.30. The number of ether oxygens (including phenoxy) is 1. The molecule has 1 amide bonds. The standard InChI is InChI=1S/C14H21BrN4O3/c1-14(2,3)22-13(21)18-4-5-19(11(8-18)9-20)12-16-6-10(15)7-17-12/h6-7,11,20H,4-5,8-9H2,1-3H3. The van der Waals surface area contributed by atoms with Gasteiger partial charge in [0.1, 0.15) is 5.60 Å². The van der Waals surface area contributed by atoms with Crippen LogP contribution in [0.4, 0.5) is 10.7 Å². The predicted molar refractivity (Wildman–Crippen MR) is 85.8 cm³/mol. The van der Waals surface area contributed by atoms with Gasteiger partial charge in [0.2, 0.25) is 5.95 Å². The Morgan fingerprint density at radius 3 is 2.59 bits per heavy atom. The van der Waals surface area contributed by atoms with Gasteiger partial charge in [-0.3, -0.25) is 0 Å². The van der Waals surface area contributed by atoms with Crippen LogP contribution in [0.3, 0.4) is 0 Å². The first kappa shape index (κ1) is 17.0. The molecular weight excluding hydrogens is 352 g/mol. The minimum absolute atomic E-state index is 0.0846. The van der Waals surface area contributed by atoms with Gasteiger partial charge in [0.05, 0.1) is 17.1 Å². The van der Waals surface area contributed by atoms with Crippen LogP contribution in [0.1, 0.15) is 20.8 Å². The van der Waals surface area contributed by atoms with Gasteiger partial charge in [-0.2, -0.15) is 0 Å². The topological polar surface area (TPSA) is 78.8 Å². The van der Waals surface area contributed by atoms with Crippen molar-refractivity contribution in [1.29, 1.82) is 0 Å². The molecule has 0 aromatic carbocycles. The third-order valence-corrected chi connectivity index (χ3v) is 3.62. The molecule has 1 saturated heterocycles. The predicted octanol–water partition coefficient (Wildman–Crippen LogP) is 1.66. The quantitative estimate of drug-likeness (QED) is 0.850. The second kappa shape index (κ2) is 6.78. The molecule has 0 spiro atoms. The normalized spacial score (nSPS) is 19.2. The summed E-state index contributed by atoms with van der Waals surface area (Å²) < 4.78 is 6.17. The van der Waals surface area contributed by atoms with Crippen LogP contribution in [0, 0.1) is 0 Å². The Bertz CT molecular complexity index is 518. The highest BCUT2D eigenvalue weighted by molar-refractivity contribution is 9.10. The molecule has 1 fully saturated rings. The van der Waals surface area contributed by atoms with Crippen LogP contribution in [-0.2, 0) is 4.74 Å². The fraction of sp³-hybridized carbons (Fsp3) is 0.643. The van der Waals surface area contributed by atoms with E-state index in [4.69, 9.17) is 4.74 Å². The number of carbonyl (C=O) groups excluding carboxylic acids is 1. The van der Waals surface area contributed by atoms with E-state index in [1.54, 1.807) is 17.3 Å². The molecule has 1 aliphatic rings. The minimum Gasteiger partial charge on any atom is -0.444 e. The van der Waals surface area contributed by atoms with Crippen molar-refractivity contribution in [3.05, 3.63) is 16.9 Å². The van der Waals surface area contributed by atoms with Crippen molar-refractivity contribution in [1.82, 2.24) is 14.9 Å². The van der Waals surface area contributed by atoms with Crippen LogP contribution in [-0.4, -0.2) is 64.0 Å². The van der Waals surface area contributed by atoms with Crippen LogP contribution >= 0.6 is 15.9 Å². The SMILES string of the molecule is CC(C)(C)OC(=O)N1CCN(c2ncc(Br)cn2)C(CO)C1. The lowest BCUT2D eigenvalue weighted by atomic mass is 10.2. The van der Waals surface area contributed by atoms with Crippen molar-refractivity contribution in [3.8, 4) is 0 Å². The zero-order valence-corrected chi connectivity index (χ0v) is 14.6. The molecule has 122 valence electrons. The highest BCUT2D eigenvalue weighted by Gasteiger charge is 2.32. The molecular formula is C14H21BrN4O3. The Kier molecular flexibility index (Phi) is 5.23. The molecule has 1 aromatic heterocycles. The molecule has 2 rings (SSSR count). The maximum Gasteiger partial charge on any atom is 0.410 e. The fourth-order valence-electron chi connectivity index (χ4n) is 2.22. The first-order valence-corrected chi connectivity index (χ1v) is 7.92. The summed E-state index contributed by atoms with van der Waals surface area (Å²) in [6.07, 6.45) is 2.97. The van der Waals surface area contributed by atoms with Gasteiger partial charge in [0, 0.05) is 32.0 Å². The number of aliphatic hydroxyl groups excluding tert-OH is 1. The summed E-state index contributed by atoms with van der Waals surface area (Å²) in [6, 6.07) is -0.248. The highest BCUT2D eigenvalue weighted by atomic mass is 79.9. The van der Waals surface area contributed by atoms with Gasteiger partial charge in [0.25, 0.3) is 0 Å². The second-order valence-corrected chi connectivity index (χ2v) is 7.07. The molecule has 0 radical (unpaired) electrons. The zero-order chi connectivity index (χ0) is 16.3. The van der Waals surface area contributed by atoms with E-state index in [1.165, 1.54) is 0 Å². The van der Waals surface area contributed by atoms with Crippen molar-refractivity contribution in [3.63, 3.8) is 0 Å². The van der Waals surface area contributed by atoms with E-state index < -0.39 is 5.60 Å². The molecule has 0 aliphatic carbocycles. The van der Waals surface area contributed by atoms with E-state index in [2.05, 4.69) is 25.9 Å². The molecule has 1 aliphatic heterocycles. The van der Waals surface area contributed by atoms with E-state index in [0.717, 1.165) is 4.47 Å². The zero-order valence-electron chi connectivity index (χ0n) is 13.0. The number of nitrogens with zero attached hydrogens (tertiary/aromatic N) is 4. The summed E-state index contributed by atoms with van der Waals surface area (Å²) in [5.41, 5.74) is -0.530. The Hall–Kier alpha value is -1.41. The van der Waals surface area contributed by atoms with Crippen molar-refractivity contribution >= 4 is 28.0 Å². The average molecular weight is 373 g/mol. The number of hydrogen-bond donors (Lipinski definition) is 1. The number of piperazine rings is 1. The van der Waals surface area contributed by atoms with Gasteiger partial charge in [0.15, 0.2) is 0 Å².